The molecular formula is C13H21N3O2. The van der Waals surface area contributed by atoms with Crippen molar-refractivity contribution in [3.05, 3.63) is 18.2 Å². The number of rotatable bonds is 5. The Hall–Kier alpha value is -1.91. The average molecular weight is 251 g/mol. The van der Waals surface area contributed by atoms with E-state index in [1.807, 2.05) is 18.2 Å². The van der Waals surface area contributed by atoms with E-state index in [1.54, 1.807) is 14.2 Å². The van der Waals surface area contributed by atoms with Gasteiger partial charge in [0.2, 0.25) is 0 Å². The molecule has 0 aromatic heterocycles. The van der Waals surface area contributed by atoms with Crippen LogP contribution in [0, 0.1) is 5.92 Å². The van der Waals surface area contributed by atoms with Crippen LogP contribution < -0.4 is 20.5 Å². The molecule has 0 saturated carbocycles. The minimum absolute atomic E-state index is 0.399. The van der Waals surface area contributed by atoms with Crippen molar-refractivity contribution in [3.8, 4) is 11.5 Å². The Kier molecular flexibility index (Phi) is 5.30. The Morgan fingerprint density at radius 1 is 1.28 bits per heavy atom. The maximum absolute atomic E-state index is 5.78. The van der Waals surface area contributed by atoms with Crippen molar-refractivity contribution in [2.24, 2.45) is 16.6 Å². The maximum Gasteiger partial charge on any atom is 0.193 e. The molecule has 1 rings (SSSR count). The molecule has 100 valence electrons. The molecule has 5 heteroatoms. The van der Waals surface area contributed by atoms with E-state index in [0.717, 1.165) is 5.69 Å². The van der Waals surface area contributed by atoms with Crippen LogP contribution in [-0.2, 0) is 0 Å². The third kappa shape index (κ3) is 4.16. The second-order valence-electron chi connectivity index (χ2n) is 4.31. The Labute approximate surface area is 108 Å². The third-order valence-electron chi connectivity index (χ3n) is 2.28. The standard InChI is InChI=1S/C13H21N3O2/c1-9(2)8-15-13(14)16-10-5-6-11(17-3)12(7-10)18-4/h5-7,9H,8H2,1-4H3,(H3,14,15,16). The van der Waals surface area contributed by atoms with Gasteiger partial charge in [-0.15, -0.1) is 0 Å². The minimum atomic E-state index is 0.399. The first-order valence-corrected chi connectivity index (χ1v) is 5.85. The first-order chi connectivity index (χ1) is 8.56. The van der Waals surface area contributed by atoms with Gasteiger partial charge in [0.25, 0.3) is 0 Å². The van der Waals surface area contributed by atoms with Gasteiger partial charge < -0.3 is 20.5 Å². The molecule has 0 spiro atoms. The predicted octanol–water partition coefficient (Wildman–Crippen LogP) is 2.09. The number of nitrogens with zero attached hydrogens (tertiary/aromatic N) is 1. The van der Waals surface area contributed by atoms with Crippen LogP contribution in [0.5, 0.6) is 11.5 Å². The lowest BCUT2D eigenvalue weighted by Crippen LogP contribution is -2.23. The number of benzene rings is 1. The summed E-state index contributed by atoms with van der Waals surface area (Å²) >= 11 is 0. The molecule has 0 heterocycles. The summed E-state index contributed by atoms with van der Waals surface area (Å²) in [6, 6.07) is 5.49. The normalized spacial score (nSPS) is 11.5. The molecule has 0 saturated heterocycles. The van der Waals surface area contributed by atoms with E-state index >= 15 is 0 Å². The molecule has 0 unspecified atom stereocenters. The Balaban J connectivity index is 2.76. The fraction of sp³-hybridized carbons (Fsp3) is 0.462. The highest BCUT2D eigenvalue weighted by Crippen LogP contribution is 2.29. The highest BCUT2D eigenvalue weighted by Gasteiger charge is 2.05. The summed E-state index contributed by atoms with van der Waals surface area (Å²) in [5.41, 5.74) is 6.60. The summed E-state index contributed by atoms with van der Waals surface area (Å²) in [6.07, 6.45) is 0. The van der Waals surface area contributed by atoms with Crippen LogP contribution in [0.15, 0.2) is 23.2 Å². The minimum Gasteiger partial charge on any atom is -0.493 e. The molecule has 1 aromatic carbocycles. The number of nitrogens with one attached hydrogen (secondary N) is 1. The summed E-state index contributed by atoms with van der Waals surface area (Å²) in [5, 5.41) is 3.02. The molecule has 0 fully saturated rings. The molecule has 0 aliphatic carbocycles. The van der Waals surface area contributed by atoms with E-state index in [1.165, 1.54) is 0 Å². The van der Waals surface area contributed by atoms with Crippen LogP contribution >= 0.6 is 0 Å². The lowest BCUT2D eigenvalue weighted by molar-refractivity contribution is 0.355. The number of aliphatic imine (C=N–C) groups is 1. The quantitative estimate of drug-likeness (QED) is 0.621. The predicted molar refractivity (Wildman–Crippen MR) is 74.5 cm³/mol. The highest BCUT2D eigenvalue weighted by atomic mass is 16.5. The van der Waals surface area contributed by atoms with Crippen LogP contribution in [-0.4, -0.2) is 26.7 Å². The van der Waals surface area contributed by atoms with Crippen LogP contribution in [0.3, 0.4) is 0 Å². The fourth-order valence-corrected chi connectivity index (χ4v) is 1.38. The molecular weight excluding hydrogens is 230 g/mol. The van der Waals surface area contributed by atoms with Crippen LogP contribution in [0.4, 0.5) is 5.69 Å². The van der Waals surface area contributed by atoms with Gasteiger partial charge >= 0.3 is 0 Å². The van der Waals surface area contributed by atoms with Crippen LogP contribution in [0.2, 0.25) is 0 Å². The molecule has 1 aromatic rings. The van der Waals surface area contributed by atoms with E-state index < -0.39 is 0 Å². The molecule has 5 nitrogen and oxygen atoms in total. The lowest BCUT2D eigenvalue weighted by Gasteiger charge is -2.11. The number of guanidine groups is 1. The summed E-state index contributed by atoms with van der Waals surface area (Å²) in [5.74, 6) is 2.21. The molecule has 3 N–H and O–H groups in total. The molecule has 0 aliphatic heterocycles. The van der Waals surface area contributed by atoms with E-state index in [-0.39, 0.29) is 0 Å². The maximum atomic E-state index is 5.78. The Morgan fingerprint density at radius 3 is 2.50 bits per heavy atom. The molecule has 0 amide bonds. The number of methoxy groups -OCH3 is 2. The lowest BCUT2D eigenvalue weighted by atomic mass is 10.2. The van der Waals surface area contributed by atoms with E-state index in [4.69, 9.17) is 15.2 Å². The zero-order valence-electron chi connectivity index (χ0n) is 11.4. The molecule has 0 bridgehead atoms. The second-order valence-corrected chi connectivity index (χ2v) is 4.31. The largest absolute Gasteiger partial charge is 0.493 e. The number of hydrogen-bond acceptors (Lipinski definition) is 3. The van der Waals surface area contributed by atoms with Gasteiger partial charge in [-0.2, -0.15) is 0 Å². The van der Waals surface area contributed by atoms with Gasteiger partial charge in [0, 0.05) is 18.3 Å². The van der Waals surface area contributed by atoms with Crippen LogP contribution in [0.25, 0.3) is 0 Å². The second kappa shape index (κ2) is 6.74. The fourth-order valence-electron chi connectivity index (χ4n) is 1.38. The monoisotopic (exact) mass is 251 g/mol. The zero-order chi connectivity index (χ0) is 13.5. The van der Waals surface area contributed by atoms with Crippen molar-refractivity contribution in [3.63, 3.8) is 0 Å². The highest BCUT2D eigenvalue weighted by molar-refractivity contribution is 5.92. The third-order valence-corrected chi connectivity index (χ3v) is 2.28. The van der Waals surface area contributed by atoms with E-state index in [0.29, 0.717) is 29.9 Å². The van der Waals surface area contributed by atoms with Gasteiger partial charge in [0.05, 0.1) is 14.2 Å². The molecule has 0 radical (unpaired) electrons. The van der Waals surface area contributed by atoms with Crippen LogP contribution in [0.1, 0.15) is 13.8 Å². The van der Waals surface area contributed by atoms with Gasteiger partial charge in [0.15, 0.2) is 17.5 Å². The first kappa shape index (κ1) is 14.2. The van der Waals surface area contributed by atoms with Gasteiger partial charge in [0.1, 0.15) is 0 Å². The topological polar surface area (TPSA) is 68.9 Å². The smallest absolute Gasteiger partial charge is 0.193 e. The molecule has 18 heavy (non-hydrogen) atoms. The number of anilines is 1. The first-order valence-electron chi connectivity index (χ1n) is 5.85. The molecule has 0 atom stereocenters. The van der Waals surface area contributed by atoms with Crippen molar-refractivity contribution in [2.45, 2.75) is 13.8 Å². The van der Waals surface area contributed by atoms with Crippen molar-refractivity contribution < 1.29 is 9.47 Å². The van der Waals surface area contributed by atoms with E-state index in [2.05, 4.69) is 24.2 Å². The van der Waals surface area contributed by atoms with Crippen molar-refractivity contribution in [2.75, 3.05) is 26.1 Å². The summed E-state index contributed by atoms with van der Waals surface area (Å²) in [6.45, 7) is 4.88. The van der Waals surface area contributed by atoms with Crippen molar-refractivity contribution in [1.82, 2.24) is 0 Å². The molecule has 0 aliphatic rings. The summed E-state index contributed by atoms with van der Waals surface area (Å²) in [4.78, 5) is 4.23. The number of hydrogen-bond donors (Lipinski definition) is 2. The van der Waals surface area contributed by atoms with Gasteiger partial charge in [-0.3, -0.25) is 4.99 Å². The average Bonchev–Trinajstić information content (AvgIpc) is 2.36. The van der Waals surface area contributed by atoms with Crippen molar-refractivity contribution >= 4 is 11.6 Å². The number of ether oxygens (including phenoxy) is 2. The van der Waals surface area contributed by atoms with E-state index in [9.17, 15) is 0 Å². The zero-order valence-corrected chi connectivity index (χ0v) is 11.4. The van der Waals surface area contributed by atoms with Gasteiger partial charge in [-0.05, 0) is 18.1 Å². The summed E-state index contributed by atoms with van der Waals surface area (Å²) < 4.78 is 10.4. The Morgan fingerprint density at radius 2 is 1.94 bits per heavy atom. The van der Waals surface area contributed by atoms with Crippen molar-refractivity contribution in [1.29, 1.82) is 0 Å². The van der Waals surface area contributed by atoms with Gasteiger partial charge in [-0.1, -0.05) is 13.8 Å². The summed E-state index contributed by atoms with van der Waals surface area (Å²) in [7, 11) is 3.20. The van der Waals surface area contributed by atoms with Gasteiger partial charge in [-0.25, -0.2) is 0 Å². The number of nitrogens with two attached hydrogens (primary N) is 1. The Bertz CT molecular complexity index is 417. The SMILES string of the molecule is COc1ccc(NC(N)=NCC(C)C)cc1OC.